The van der Waals surface area contributed by atoms with E-state index in [-0.39, 0.29) is 8.41 Å². The molecule has 0 saturated carbocycles. The van der Waals surface area contributed by atoms with E-state index in [1.807, 2.05) is 0 Å². The van der Waals surface area contributed by atoms with Crippen LogP contribution in [0.1, 0.15) is 6.42 Å². The van der Waals surface area contributed by atoms with E-state index >= 15 is 0 Å². The van der Waals surface area contributed by atoms with Crippen molar-refractivity contribution >= 4 is 8.41 Å². The molecule has 1 rings (SSSR count). The van der Waals surface area contributed by atoms with Crippen molar-refractivity contribution in [1.29, 1.82) is 0 Å². The van der Waals surface area contributed by atoms with E-state index in [9.17, 15) is 0 Å². The maximum Gasteiger partial charge on any atom is 0 e. The molecule has 27 valence electrons. The molecule has 0 amide bonds. The summed E-state index contributed by atoms with van der Waals surface area (Å²) >= 11 is 0. The van der Waals surface area contributed by atoms with Gasteiger partial charge in [-0.2, -0.15) is 0 Å². The molecule has 3 radical (unpaired) electrons. The van der Waals surface area contributed by atoms with Crippen LogP contribution < -0.4 is 5.32 Å². The van der Waals surface area contributed by atoms with Crippen LogP contribution >= 0.6 is 0 Å². The summed E-state index contributed by atoms with van der Waals surface area (Å²) in [6.45, 7) is 2.50. The first-order valence-electron chi connectivity index (χ1n) is 1.71. The topological polar surface area (TPSA) is 12.0 Å². The Morgan fingerprint density at radius 3 is 1.40 bits per heavy atom. The lowest BCUT2D eigenvalue weighted by atomic mass is 10.3. The van der Waals surface area contributed by atoms with Crippen molar-refractivity contribution in [2.24, 2.45) is 0 Å². The standard InChI is InChI=1S/C3H7N.B/c1-2-4-3-1;/h4H,1-3H2;. The normalized spacial score (nSPS) is 19.2. The van der Waals surface area contributed by atoms with Crippen molar-refractivity contribution in [2.45, 2.75) is 6.42 Å². The second kappa shape index (κ2) is 2.27. The Hall–Kier alpha value is 0.0249. The van der Waals surface area contributed by atoms with Gasteiger partial charge in [-0.1, -0.05) is 0 Å². The fourth-order valence-electron chi connectivity index (χ4n) is 0.177. The molecule has 0 spiro atoms. The Bertz CT molecular complexity index is 14.9. The second-order valence-corrected chi connectivity index (χ2v) is 1.10. The zero-order valence-electron chi connectivity index (χ0n) is 3.20. The molecule has 1 heterocycles. The van der Waals surface area contributed by atoms with E-state index in [2.05, 4.69) is 5.32 Å². The number of hydrogen-bond acceptors (Lipinski definition) is 1. The minimum absolute atomic E-state index is 0. The Morgan fingerprint density at radius 2 is 1.40 bits per heavy atom. The summed E-state index contributed by atoms with van der Waals surface area (Å²) in [4.78, 5) is 0. The third-order valence-electron chi connectivity index (χ3n) is 0.707. The molecule has 1 nitrogen and oxygen atoms in total. The molecule has 0 aromatic carbocycles. The van der Waals surface area contributed by atoms with Gasteiger partial charge in [-0.25, -0.2) is 0 Å². The maximum atomic E-state index is 3.11. The first-order chi connectivity index (χ1) is 2.00. The molecule has 0 bridgehead atoms. The van der Waals surface area contributed by atoms with Crippen molar-refractivity contribution in [3.05, 3.63) is 0 Å². The van der Waals surface area contributed by atoms with Crippen molar-refractivity contribution in [2.75, 3.05) is 13.1 Å². The van der Waals surface area contributed by atoms with Gasteiger partial charge < -0.3 is 5.32 Å². The van der Waals surface area contributed by atoms with Crippen molar-refractivity contribution in [3.8, 4) is 0 Å². The van der Waals surface area contributed by atoms with Gasteiger partial charge in [0.1, 0.15) is 0 Å². The molecule has 0 aromatic rings. The molecule has 1 aliphatic heterocycles. The highest BCUT2D eigenvalue weighted by atomic mass is 14.9. The number of nitrogens with one attached hydrogen (secondary N) is 1. The monoisotopic (exact) mass is 68.1 g/mol. The number of rotatable bonds is 0. The van der Waals surface area contributed by atoms with E-state index < -0.39 is 0 Å². The lowest BCUT2D eigenvalue weighted by Gasteiger charge is -2.09. The summed E-state index contributed by atoms with van der Waals surface area (Å²) in [5.74, 6) is 0. The van der Waals surface area contributed by atoms with Crippen LogP contribution in [-0.4, -0.2) is 21.5 Å². The van der Waals surface area contributed by atoms with E-state index in [1.165, 1.54) is 19.5 Å². The first-order valence-corrected chi connectivity index (χ1v) is 1.71. The highest BCUT2D eigenvalue weighted by molar-refractivity contribution is 5.75. The molecule has 0 aliphatic carbocycles. The number of hydrogen-bond donors (Lipinski definition) is 1. The summed E-state index contributed by atoms with van der Waals surface area (Å²) in [5.41, 5.74) is 0. The maximum absolute atomic E-state index is 3.11. The average Bonchev–Trinajstić information content (AvgIpc) is 0.722. The van der Waals surface area contributed by atoms with Gasteiger partial charge in [-0.3, -0.25) is 0 Å². The van der Waals surface area contributed by atoms with Gasteiger partial charge in [-0.15, -0.1) is 0 Å². The minimum atomic E-state index is 0. The Kier molecular flexibility index (Phi) is 2.28. The molecular weight excluding hydrogens is 60.9 g/mol. The molecule has 1 fully saturated rings. The predicted molar refractivity (Wildman–Crippen MR) is 23.2 cm³/mol. The van der Waals surface area contributed by atoms with Gasteiger partial charge in [0.25, 0.3) is 0 Å². The summed E-state index contributed by atoms with van der Waals surface area (Å²) in [6.07, 6.45) is 1.39. The van der Waals surface area contributed by atoms with Crippen LogP contribution in [0.2, 0.25) is 0 Å². The Morgan fingerprint density at radius 1 is 1.20 bits per heavy atom. The van der Waals surface area contributed by atoms with Gasteiger partial charge in [0, 0.05) is 8.41 Å². The van der Waals surface area contributed by atoms with Crippen molar-refractivity contribution in [1.82, 2.24) is 5.32 Å². The highest BCUT2D eigenvalue weighted by Crippen LogP contribution is 1.80. The molecule has 1 aliphatic rings. The van der Waals surface area contributed by atoms with Crippen LogP contribution in [0.25, 0.3) is 0 Å². The Labute approximate surface area is 34.3 Å². The lowest BCUT2D eigenvalue weighted by Crippen LogP contribution is -2.29. The molecule has 1 N–H and O–H groups in total. The summed E-state index contributed by atoms with van der Waals surface area (Å²) in [6, 6.07) is 0. The van der Waals surface area contributed by atoms with Gasteiger partial charge >= 0.3 is 0 Å². The van der Waals surface area contributed by atoms with E-state index in [0.717, 1.165) is 0 Å². The molecule has 0 unspecified atom stereocenters. The molecule has 5 heavy (non-hydrogen) atoms. The molecular formula is C3H7BN. The van der Waals surface area contributed by atoms with Gasteiger partial charge in [0.15, 0.2) is 0 Å². The summed E-state index contributed by atoms with van der Waals surface area (Å²) in [5, 5.41) is 3.11. The third kappa shape index (κ3) is 1.02. The van der Waals surface area contributed by atoms with Crippen molar-refractivity contribution < 1.29 is 0 Å². The van der Waals surface area contributed by atoms with Gasteiger partial charge in [-0.05, 0) is 19.5 Å². The summed E-state index contributed by atoms with van der Waals surface area (Å²) < 4.78 is 0. The van der Waals surface area contributed by atoms with Crippen LogP contribution in [0.3, 0.4) is 0 Å². The minimum Gasteiger partial charge on any atom is -0.317 e. The van der Waals surface area contributed by atoms with Crippen LogP contribution in [0.4, 0.5) is 0 Å². The van der Waals surface area contributed by atoms with Crippen molar-refractivity contribution in [3.63, 3.8) is 0 Å². The SMILES string of the molecule is C1CNC1.[B]. The van der Waals surface area contributed by atoms with E-state index in [0.29, 0.717) is 0 Å². The second-order valence-electron chi connectivity index (χ2n) is 1.10. The largest absolute Gasteiger partial charge is 0.317 e. The first kappa shape index (κ1) is 5.02. The predicted octanol–water partition coefficient (Wildman–Crippen LogP) is -0.401. The average molecular weight is 67.9 g/mol. The van der Waals surface area contributed by atoms with Crippen LogP contribution in [0, 0.1) is 0 Å². The smallest absolute Gasteiger partial charge is 0 e. The van der Waals surface area contributed by atoms with Crippen LogP contribution in [0.5, 0.6) is 0 Å². The van der Waals surface area contributed by atoms with Crippen LogP contribution in [0.15, 0.2) is 0 Å². The van der Waals surface area contributed by atoms with E-state index in [1.54, 1.807) is 0 Å². The highest BCUT2D eigenvalue weighted by Gasteiger charge is 1.92. The summed E-state index contributed by atoms with van der Waals surface area (Å²) in [7, 11) is 0. The van der Waals surface area contributed by atoms with Gasteiger partial charge in [0.2, 0.25) is 0 Å². The van der Waals surface area contributed by atoms with Crippen LogP contribution in [-0.2, 0) is 0 Å². The lowest BCUT2D eigenvalue weighted by molar-refractivity contribution is 0.527. The zero-order valence-corrected chi connectivity index (χ0v) is 3.20. The quantitative estimate of drug-likeness (QED) is 0.381. The molecule has 0 aromatic heterocycles. The molecule has 2 heteroatoms. The van der Waals surface area contributed by atoms with Gasteiger partial charge in [0.05, 0.1) is 0 Å². The molecule has 1 saturated heterocycles. The fourth-order valence-corrected chi connectivity index (χ4v) is 0.177. The zero-order chi connectivity index (χ0) is 2.83. The Balaban J connectivity index is 0.000000160. The third-order valence-corrected chi connectivity index (χ3v) is 0.707. The fraction of sp³-hybridized carbons (Fsp3) is 1.00. The molecule has 0 atom stereocenters. The van der Waals surface area contributed by atoms with E-state index in [4.69, 9.17) is 0 Å².